The second-order valence-corrected chi connectivity index (χ2v) is 5.69. The van der Waals surface area contributed by atoms with Crippen LogP contribution in [0.25, 0.3) is 0 Å². The summed E-state index contributed by atoms with van der Waals surface area (Å²) in [5.74, 6) is 1.78. The number of aryl methyl sites for hydroxylation is 2. The Hall–Kier alpha value is -1.87. The lowest BCUT2D eigenvalue weighted by Crippen LogP contribution is -2.16. The first-order valence-corrected chi connectivity index (χ1v) is 7.70. The highest BCUT2D eigenvalue weighted by Gasteiger charge is 2.20. The summed E-state index contributed by atoms with van der Waals surface area (Å²) >= 11 is 0. The summed E-state index contributed by atoms with van der Waals surface area (Å²) in [5, 5.41) is 3.52. The molecular formula is C18H22N2O. The fourth-order valence-corrected chi connectivity index (χ4v) is 2.25. The van der Waals surface area contributed by atoms with Crippen LogP contribution in [0.15, 0.2) is 36.5 Å². The molecule has 3 rings (SSSR count). The molecule has 0 aliphatic heterocycles. The van der Waals surface area contributed by atoms with Gasteiger partial charge in [0.15, 0.2) is 0 Å². The van der Waals surface area contributed by atoms with Crippen molar-refractivity contribution in [3.8, 4) is 11.5 Å². The first-order valence-electron chi connectivity index (χ1n) is 7.70. The van der Waals surface area contributed by atoms with Crippen LogP contribution in [-0.2, 0) is 13.0 Å². The molecule has 1 heterocycles. The Kier molecular flexibility index (Phi) is 4.20. The standard InChI is InChI=1S/C18H22N2O/c1-3-14-4-8-17(9-5-14)21-18-10-13(2)19-11-15(18)12-20-16-6-7-16/h4-5,8-11,16,20H,3,6-7,12H2,1-2H3. The van der Waals surface area contributed by atoms with Crippen LogP contribution in [0.2, 0.25) is 0 Å². The molecule has 3 heteroatoms. The van der Waals surface area contributed by atoms with Crippen molar-refractivity contribution in [2.45, 2.75) is 45.7 Å². The molecule has 1 aliphatic rings. The Morgan fingerprint density at radius 3 is 2.67 bits per heavy atom. The van der Waals surface area contributed by atoms with Gasteiger partial charge < -0.3 is 10.1 Å². The highest BCUT2D eigenvalue weighted by atomic mass is 16.5. The number of pyridine rings is 1. The summed E-state index contributed by atoms with van der Waals surface area (Å²) in [5.41, 5.74) is 3.42. The molecule has 3 nitrogen and oxygen atoms in total. The monoisotopic (exact) mass is 282 g/mol. The van der Waals surface area contributed by atoms with Gasteiger partial charge in [-0.1, -0.05) is 19.1 Å². The minimum Gasteiger partial charge on any atom is -0.457 e. The molecule has 0 radical (unpaired) electrons. The van der Waals surface area contributed by atoms with Crippen LogP contribution in [-0.4, -0.2) is 11.0 Å². The summed E-state index contributed by atoms with van der Waals surface area (Å²) in [6.07, 6.45) is 5.54. The Labute approximate surface area is 126 Å². The van der Waals surface area contributed by atoms with E-state index in [1.54, 1.807) is 0 Å². The van der Waals surface area contributed by atoms with Crippen LogP contribution in [0.5, 0.6) is 11.5 Å². The number of hydrogen-bond acceptors (Lipinski definition) is 3. The molecular weight excluding hydrogens is 260 g/mol. The smallest absolute Gasteiger partial charge is 0.135 e. The summed E-state index contributed by atoms with van der Waals surface area (Å²) in [7, 11) is 0. The van der Waals surface area contributed by atoms with Crippen molar-refractivity contribution in [2.24, 2.45) is 0 Å². The van der Waals surface area contributed by atoms with E-state index in [9.17, 15) is 0 Å². The zero-order valence-corrected chi connectivity index (χ0v) is 12.7. The van der Waals surface area contributed by atoms with Crippen LogP contribution in [0.1, 0.15) is 36.6 Å². The summed E-state index contributed by atoms with van der Waals surface area (Å²) < 4.78 is 6.06. The summed E-state index contributed by atoms with van der Waals surface area (Å²) in [4.78, 5) is 4.39. The van der Waals surface area contributed by atoms with Gasteiger partial charge in [0.1, 0.15) is 11.5 Å². The summed E-state index contributed by atoms with van der Waals surface area (Å²) in [6, 6.07) is 11.0. The van der Waals surface area contributed by atoms with E-state index in [1.807, 2.05) is 31.3 Å². The zero-order valence-electron chi connectivity index (χ0n) is 12.7. The summed E-state index contributed by atoms with van der Waals surface area (Å²) in [6.45, 7) is 4.97. The number of rotatable bonds is 6. The second kappa shape index (κ2) is 6.27. The third kappa shape index (κ3) is 3.82. The van der Waals surface area contributed by atoms with Gasteiger partial charge in [-0.05, 0) is 43.9 Å². The van der Waals surface area contributed by atoms with Gasteiger partial charge in [-0.2, -0.15) is 0 Å². The van der Waals surface area contributed by atoms with Gasteiger partial charge in [-0.25, -0.2) is 0 Å². The Bertz CT molecular complexity index is 603. The van der Waals surface area contributed by atoms with Gasteiger partial charge in [0.2, 0.25) is 0 Å². The number of nitrogens with zero attached hydrogens (tertiary/aromatic N) is 1. The number of aromatic nitrogens is 1. The normalized spacial score (nSPS) is 14.2. The molecule has 0 unspecified atom stereocenters. The van der Waals surface area contributed by atoms with Gasteiger partial charge in [0.25, 0.3) is 0 Å². The minimum atomic E-state index is 0.683. The van der Waals surface area contributed by atoms with E-state index in [0.29, 0.717) is 6.04 Å². The van der Waals surface area contributed by atoms with Crippen molar-refractivity contribution in [2.75, 3.05) is 0 Å². The fraction of sp³-hybridized carbons (Fsp3) is 0.389. The Balaban J connectivity index is 1.76. The molecule has 21 heavy (non-hydrogen) atoms. The highest BCUT2D eigenvalue weighted by molar-refractivity contribution is 5.38. The van der Waals surface area contributed by atoms with E-state index >= 15 is 0 Å². The van der Waals surface area contributed by atoms with Crippen molar-refractivity contribution in [1.29, 1.82) is 0 Å². The van der Waals surface area contributed by atoms with Crippen molar-refractivity contribution in [3.63, 3.8) is 0 Å². The quantitative estimate of drug-likeness (QED) is 0.869. The van der Waals surface area contributed by atoms with Crippen LogP contribution in [0, 0.1) is 6.92 Å². The van der Waals surface area contributed by atoms with Gasteiger partial charge in [-0.3, -0.25) is 4.98 Å². The number of ether oxygens (including phenoxy) is 1. The van der Waals surface area contributed by atoms with E-state index in [1.165, 1.54) is 18.4 Å². The first-order chi connectivity index (χ1) is 10.2. The molecule has 0 saturated heterocycles. The Morgan fingerprint density at radius 2 is 2.00 bits per heavy atom. The van der Waals surface area contributed by atoms with E-state index in [0.717, 1.165) is 35.7 Å². The molecule has 1 N–H and O–H groups in total. The van der Waals surface area contributed by atoms with E-state index in [-0.39, 0.29) is 0 Å². The molecule has 1 aromatic carbocycles. The van der Waals surface area contributed by atoms with Gasteiger partial charge in [0, 0.05) is 36.1 Å². The molecule has 1 aromatic heterocycles. The van der Waals surface area contributed by atoms with Crippen LogP contribution in [0.4, 0.5) is 0 Å². The third-order valence-electron chi connectivity index (χ3n) is 3.80. The molecule has 110 valence electrons. The average Bonchev–Trinajstić information content (AvgIpc) is 3.31. The maximum atomic E-state index is 6.06. The second-order valence-electron chi connectivity index (χ2n) is 5.69. The molecule has 0 spiro atoms. The predicted octanol–water partition coefficient (Wildman–Crippen LogP) is 4.00. The van der Waals surface area contributed by atoms with E-state index in [4.69, 9.17) is 4.74 Å². The first kappa shape index (κ1) is 14.1. The maximum absolute atomic E-state index is 6.06. The SMILES string of the molecule is CCc1ccc(Oc2cc(C)ncc2CNC2CC2)cc1. The van der Waals surface area contributed by atoms with Gasteiger partial charge >= 0.3 is 0 Å². The number of benzene rings is 1. The minimum absolute atomic E-state index is 0.683. The third-order valence-corrected chi connectivity index (χ3v) is 3.80. The maximum Gasteiger partial charge on any atom is 0.135 e. The van der Waals surface area contributed by atoms with E-state index < -0.39 is 0 Å². The molecule has 0 amide bonds. The molecule has 1 aliphatic carbocycles. The molecule has 0 bridgehead atoms. The van der Waals surface area contributed by atoms with Gasteiger partial charge in [0.05, 0.1) is 0 Å². The molecule has 0 atom stereocenters. The lowest BCUT2D eigenvalue weighted by molar-refractivity contribution is 0.470. The van der Waals surface area contributed by atoms with Crippen LogP contribution < -0.4 is 10.1 Å². The number of nitrogens with one attached hydrogen (secondary N) is 1. The van der Waals surface area contributed by atoms with Gasteiger partial charge in [-0.15, -0.1) is 0 Å². The largest absolute Gasteiger partial charge is 0.457 e. The number of hydrogen-bond donors (Lipinski definition) is 1. The van der Waals surface area contributed by atoms with Crippen LogP contribution >= 0.6 is 0 Å². The van der Waals surface area contributed by atoms with Crippen LogP contribution in [0.3, 0.4) is 0 Å². The highest BCUT2D eigenvalue weighted by Crippen LogP contribution is 2.27. The molecule has 1 fully saturated rings. The molecule has 1 saturated carbocycles. The predicted molar refractivity (Wildman–Crippen MR) is 84.7 cm³/mol. The lowest BCUT2D eigenvalue weighted by atomic mass is 10.2. The van der Waals surface area contributed by atoms with E-state index in [2.05, 4.69) is 29.4 Å². The Morgan fingerprint density at radius 1 is 1.24 bits per heavy atom. The van der Waals surface area contributed by atoms with Crippen molar-refractivity contribution < 1.29 is 4.74 Å². The van der Waals surface area contributed by atoms with Crippen molar-refractivity contribution >= 4 is 0 Å². The fourth-order valence-electron chi connectivity index (χ4n) is 2.25. The zero-order chi connectivity index (χ0) is 14.7. The lowest BCUT2D eigenvalue weighted by Gasteiger charge is -2.12. The average molecular weight is 282 g/mol. The van der Waals surface area contributed by atoms with Crippen molar-refractivity contribution in [3.05, 3.63) is 53.3 Å². The van der Waals surface area contributed by atoms with Crippen molar-refractivity contribution in [1.82, 2.24) is 10.3 Å². The molecule has 2 aromatic rings. The topological polar surface area (TPSA) is 34.1 Å².